The fourth-order valence-electron chi connectivity index (χ4n) is 1.56. The van der Waals surface area contributed by atoms with Gasteiger partial charge in [-0.05, 0) is 25.0 Å². The Kier molecular flexibility index (Phi) is 5.32. The van der Waals surface area contributed by atoms with Gasteiger partial charge >= 0.3 is 6.18 Å². The van der Waals surface area contributed by atoms with Crippen LogP contribution in [0.4, 0.5) is 24.5 Å². The van der Waals surface area contributed by atoms with Crippen molar-refractivity contribution in [2.75, 3.05) is 11.9 Å². The number of alkyl halides is 3. The Labute approximate surface area is 113 Å². The summed E-state index contributed by atoms with van der Waals surface area (Å²) in [5.74, 6) is 0. The first-order chi connectivity index (χ1) is 9.36. The fraction of sp³-hybridized carbons (Fsp3) is 0.417. The molecule has 0 radical (unpaired) electrons. The van der Waals surface area contributed by atoms with E-state index < -0.39 is 22.4 Å². The molecule has 1 aromatic carbocycles. The van der Waals surface area contributed by atoms with Crippen LogP contribution < -0.4 is 5.32 Å². The van der Waals surface area contributed by atoms with E-state index in [0.717, 1.165) is 12.1 Å². The number of nitriles is 1. The Hall–Kier alpha value is -2.30. The number of rotatable bonds is 6. The lowest BCUT2D eigenvalue weighted by atomic mass is 10.1. The van der Waals surface area contributed by atoms with E-state index in [1.165, 1.54) is 0 Å². The molecule has 1 aromatic rings. The first kappa shape index (κ1) is 15.8. The van der Waals surface area contributed by atoms with Crippen LogP contribution >= 0.6 is 0 Å². The molecule has 0 aliphatic rings. The smallest absolute Gasteiger partial charge is 0.379 e. The van der Waals surface area contributed by atoms with Gasteiger partial charge in [-0.15, -0.1) is 0 Å². The summed E-state index contributed by atoms with van der Waals surface area (Å²) in [5, 5.41) is 21.8. The van der Waals surface area contributed by atoms with E-state index in [1.54, 1.807) is 0 Å². The zero-order valence-electron chi connectivity index (χ0n) is 10.4. The molecule has 0 aliphatic heterocycles. The minimum absolute atomic E-state index is 0.0416. The third kappa shape index (κ3) is 4.42. The van der Waals surface area contributed by atoms with Gasteiger partial charge in [0, 0.05) is 19.0 Å². The molecular formula is C12H12F3N3O2. The second-order valence-corrected chi connectivity index (χ2v) is 4.03. The van der Waals surface area contributed by atoms with E-state index in [0.29, 0.717) is 31.9 Å². The highest BCUT2D eigenvalue weighted by molar-refractivity contribution is 5.62. The minimum Gasteiger partial charge on any atom is -0.379 e. The van der Waals surface area contributed by atoms with Crippen molar-refractivity contribution in [3.8, 4) is 6.07 Å². The van der Waals surface area contributed by atoms with Crippen molar-refractivity contribution >= 4 is 11.4 Å². The molecule has 0 aromatic heterocycles. The third-order valence-corrected chi connectivity index (χ3v) is 2.55. The molecule has 108 valence electrons. The molecule has 0 unspecified atom stereocenters. The normalized spacial score (nSPS) is 10.9. The van der Waals surface area contributed by atoms with Crippen molar-refractivity contribution in [3.05, 3.63) is 33.9 Å². The predicted octanol–water partition coefficient (Wildman–Crippen LogP) is 3.72. The maximum atomic E-state index is 12.5. The summed E-state index contributed by atoms with van der Waals surface area (Å²) in [4.78, 5) is 9.94. The fourth-order valence-corrected chi connectivity index (χ4v) is 1.56. The number of nitrogens with one attached hydrogen (secondary N) is 1. The minimum atomic E-state index is -4.61. The van der Waals surface area contributed by atoms with E-state index in [-0.39, 0.29) is 5.69 Å². The zero-order chi connectivity index (χ0) is 15.2. The molecule has 1 rings (SSSR count). The molecular weight excluding hydrogens is 275 g/mol. The predicted molar refractivity (Wildman–Crippen MR) is 66.1 cm³/mol. The van der Waals surface area contributed by atoms with Crippen molar-refractivity contribution in [2.24, 2.45) is 0 Å². The highest BCUT2D eigenvalue weighted by Gasteiger charge is 2.32. The van der Waals surface area contributed by atoms with Crippen LogP contribution in [-0.4, -0.2) is 11.5 Å². The van der Waals surface area contributed by atoms with Gasteiger partial charge in [-0.2, -0.15) is 18.4 Å². The summed E-state index contributed by atoms with van der Waals surface area (Å²) >= 11 is 0. The topological polar surface area (TPSA) is 79.0 Å². The summed E-state index contributed by atoms with van der Waals surface area (Å²) in [6, 6.07) is 4.31. The average Bonchev–Trinajstić information content (AvgIpc) is 2.37. The van der Waals surface area contributed by atoms with Crippen LogP contribution in [0.25, 0.3) is 0 Å². The Bertz CT molecular complexity index is 524. The first-order valence-corrected chi connectivity index (χ1v) is 5.82. The lowest BCUT2D eigenvalue weighted by molar-refractivity contribution is -0.384. The molecule has 0 saturated carbocycles. The van der Waals surface area contributed by atoms with Crippen LogP contribution in [-0.2, 0) is 6.18 Å². The number of hydrogen-bond donors (Lipinski definition) is 1. The van der Waals surface area contributed by atoms with E-state index in [4.69, 9.17) is 5.26 Å². The maximum absolute atomic E-state index is 12.5. The molecule has 5 nitrogen and oxygen atoms in total. The summed E-state index contributed by atoms with van der Waals surface area (Å²) in [6.45, 7) is 0.355. The number of benzene rings is 1. The summed E-state index contributed by atoms with van der Waals surface area (Å²) in [6.07, 6.45) is -3.02. The molecule has 0 heterocycles. The first-order valence-electron chi connectivity index (χ1n) is 5.82. The average molecular weight is 287 g/mol. The molecule has 0 aliphatic carbocycles. The third-order valence-electron chi connectivity index (χ3n) is 2.55. The zero-order valence-corrected chi connectivity index (χ0v) is 10.4. The van der Waals surface area contributed by atoms with Gasteiger partial charge in [0.15, 0.2) is 0 Å². The van der Waals surface area contributed by atoms with Gasteiger partial charge in [0.25, 0.3) is 5.69 Å². The Morgan fingerprint density at radius 3 is 2.60 bits per heavy atom. The standard InChI is InChI=1S/C12H12F3N3O2/c13-12(14,15)9-4-5-10(11(8-9)18(19)20)17-7-3-1-2-6-16/h4-5,8,17H,1-3,7H2. The number of nitrogens with zero attached hydrogens (tertiary/aromatic N) is 2. The lowest BCUT2D eigenvalue weighted by Crippen LogP contribution is -2.08. The monoisotopic (exact) mass is 287 g/mol. The number of halogens is 3. The maximum Gasteiger partial charge on any atom is 0.416 e. The van der Waals surface area contributed by atoms with Gasteiger partial charge < -0.3 is 5.32 Å². The van der Waals surface area contributed by atoms with Gasteiger partial charge in [0.05, 0.1) is 16.6 Å². The molecule has 0 atom stereocenters. The van der Waals surface area contributed by atoms with Crippen LogP contribution in [0.15, 0.2) is 18.2 Å². The van der Waals surface area contributed by atoms with E-state index in [9.17, 15) is 23.3 Å². The van der Waals surface area contributed by atoms with Crippen molar-refractivity contribution in [3.63, 3.8) is 0 Å². The van der Waals surface area contributed by atoms with Crippen molar-refractivity contribution in [2.45, 2.75) is 25.4 Å². The quantitative estimate of drug-likeness (QED) is 0.491. The highest BCUT2D eigenvalue weighted by atomic mass is 19.4. The van der Waals surface area contributed by atoms with Crippen LogP contribution in [0.5, 0.6) is 0 Å². The molecule has 0 fully saturated rings. The van der Waals surface area contributed by atoms with Gasteiger partial charge in [0.1, 0.15) is 5.69 Å². The second-order valence-electron chi connectivity index (χ2n) is 4.03. The van der Waals surface area contributed by atoms with E-state index in [2.05, 4.69) is 5.32 Å². The number of hydrogen-bond acceptors (Lipinski definition) is 4. The van der Waals surface area contributed by atoms with Crippen LogP contribution in [0, 0.1) is 21.4 Å². The Morgan fingerprint density at radius 2 is 2.05 bits per heavy atom. The van der Waals surface area contributed by atoms with Crippen LogP contribution in [0.3, 0.4) is 0 Å². The van der Waals surface area contributed by atoms with Crippen LogP contribution in [0.1, 0.15) is 24.8 Å². The van der Waals surface area contributed by atoms with Crippen LogP contribution in [0.2, 0.25) is 0 Å². The number of nitro groups is 1. The van der Waals surface area contributed by atoms with Gasteiger partial charge in [0.2, 0.25) is 0 Å². The van der Waals surface area contributed by atoms with E-state index >= 15 is 0 Å². The number of unbranched alkanes of at least 4 members (excludes halogenated alkanes) is 2. The Balaban J connectivity index is 2.81. The summed E-state index contributed by atoms with van der Waals surface area (Å²) in [7, 11) is 0. The SMILES string of the molecule is N#CCCCCNc1ccc(C(F)(F)F)cc1[N+](=O)[O-]. The van der Waals surface area contributed by atoms with Gasteiger partial charge in [-0.3, -0.25) is 10.1 Å². The summed E-state index contributed by atoms with van der Waals surface area (Å²) < 4.78 is 37.4. The van der Waals surface area contributed by atoms with Gasteiger partial charge in [-0.1, -0.05) is 0 Å². The number of nitro benzene ring substituents is 1. The molecule has 0 saturated heterocycles. The summed E-state index contributed by atoms with van der Waals surface area (Å²) in [5.41, 5.74) is -1.63. The van der Waals surface area contributed by atoms with E-state index in [1.807, 2.05) is 6.07 Å². The van der Waals surface area contributed by atoms with Crippen molar-refractivity contribution in [1.82, 2.24) is 0 Å². The van der Waals surface area contributed by atoms with Gasteiger partial charge in [-0.25, -0.2) is 0 Å². The lowest BCUT2D eigenvalue weighted by Gasteiger charge is -2.10. The largest absolute Gasteiger partial charge is 0.416 e. The van der Waals surface area contributed by atoms with Crippen molar-refractivity contribution < 1.29 is 18.1 Å². The molecule has 0 bridgehead atoms. The molecule has 0 amide bonds. The molecule has 0 spiro atoms. The number of anilines is 1. The Morgan fingerprint density at radius 1 is 1.35 bits per heavy atom. The molecule has 20 heavy (non-hydrogen) atoms. The van der Waals surface area contributed by atoms with Crippen molar-refractivity contribution in [1.29, 1.82) is 5.26 Å². The second kappa shape index (κ2) is 6.75. The molecule has 8 heteroatoms. The highest BCUT2D eigenvalue weighted by Crippen LogP contribution is 2.34. The molecule has 1 N–H and O–H groups in total.